The molecule has 0 radical (unpaired) electrons. The van der Waals surface area contributed by atoms with Gasteiger partial charge in [0.25, 0.3) is 5.91 Å². The summed E-state index contributed by atoms with van der Waals surface area (Å²) in [6.45, 7) is 15.8. The molecule has 3 saturated heterocycles. The topological polar surface area (TPSA) is 87.2 Å². The number of allylic oxidation sites excluding steroid dienone is 1. The molecule has 212 valence electrons. The van der Waals surface area contributed by atoms with Crippen LogP contribution in [0.4, 0.5) is 5.69 Å². The van der Waals surface area contributed by atoms with Crippen molar-refractivity contribution < 1.29 is 24.2 Å². The van der Waals surface area contributed by atoms with Crippen molar-refractivity contribution >= 4 is 35.2 Å². The molecule has 7 nitrogen and oxygen atoms in total. The number of amides is 2. The minimum absolute atomic E-state index is 0.0667. The molecule has 3 aliphatic rings. The zero-order valence-corrected chi connectivity index (χ0v) is 24.4. The van der Waals surface area contributed by atoms with Gasteiger partial charge in [0.2, 0.25) is 5.91 Å². The van der Waals surface area contributed by atoms with Gasteiger partial charge in [-0.2, -0.15) is 0 Å². The second-order valence-electron chi connectivity index (χ2n) is 11.4. The molecule has 1 aromatic rings. The Balaban J connectivity index is 1.79. The molecule has 3 aliphatic heterocycles. The van der Waals surface area contributed by atoms with Crippen LogP contribution in [0, 0.1) is 31.6 Å². The number of para-hydroxylation sites is 1. The zero-order valence-electron chi connectivity index (χ0n) is 23.6. The summed E-state index contributed by atoms with van der Waals surface area (Å²) in [4.78, 5) is 45.8. The predicted octanol–water partition coefficient (Wildman–Crippen LogP) is 4.44. The molecule has 39 heavy (non-hydrogen) atoms. The Labute approximate surface area is 236 Å². The number of aliphatic hydroxyl groups excluding tert-OH is 1. The molecule has 6 atom stereocenters. The Morgan fingerprint density at radius 2 is 1.95 bits per heavy atom. The van der Waals surface area contributed by atoms with E-state index in [9.17, 15) is 19.5 Å². The van der Waals surface area contributed by atoms with Gasteiger partial charge in [0.1, 0.15) is 6.04 Å². The largest absolute Gasteiger partial charge is 0.465 e. The number of thioether (sulfide) groups is 1. The van der Waals surface area contributed by atoms with Crippen LogP contribution in [0.15, 0.2) is 43.5 Å². The number of esters is 1. The van der Waals surface area contributed by atoms with Crippen LogP contribution in [-0.2, 0) is 19.1 Å². The Kier molecular flexibility index (Phi) is 8.96. The number of fused-ring (bicyclic) bond motifs is 1. The summed E-state index contributed by atoms with van der Waals surface area (Å²) in [6.07, 6.45) is 6.33. The van der Waals surface area contributed by atoms with Crippen LogP contribution in [0.25, 0.3) is 0 Å². The Morgan fingerprint density at radius 1 is 1.26 bits per heavy atom. The van der Waals surface area contributed by atoms with Crippen LogP contribution in [0.5, 0.6) is 0 Å². The van der Waals surface area contributed by atoms with Gasteiger partial charge in [-0.05, 0) is 56.6 Å². The van der Waals surface area contributed by atoms with Crippen molar-refractivity contribution in [3.8, 4) is 0 Å². The number of hydrogen-bond donors (Lipinski definition) is 1. The third-order valence-corrected chi connectivity index (χ3v) is 10.6. The molecule has 3 fully saturated rings. The van der Waals surface area contributed by atoms with Gasteiger partial charge in [-0.25, -0.2) is 0 Å². The van der Waals surface area contributed by atoms with Crippen molar-refractivity contribution in [3.63, 3.8) is 0 Å². The maximum Gasteiger partial charge on any atom is 0.310 e. The first-order valence-corrected chi connectivity index (χ1v) is 14.9. The van der Waals surface area contributed by atoms with E-state index in [4.69, 9.17) is 4.74 Å². The minimum Gasteiger partial charge on any atom is -0.465 e. The standard InChI is InChI=1S/C31H42N2O5S/c1-7-9-10-17-38-30(37)24-23-14-15-31(39-23)25(24)28(35)33(22(18-34)19(3)4)27(31)29(36)32(16-8-2)26-20(5)12-11-13-21(26)6/h7-8,11-13,19,22-25,27,34H,1-2,9-10,14-18H2,3-6H3/t22-,23-,24+,25-,27?,31?/m0/s1. The molecular formula is C31H42N2O5S. The first kappa shape index (κ1) is 29.4. The van der Waals surface area contributed by atoms with Crippen LogP contribution >= 0.6 is 11.8 Å². The number of carbonyl (C=O) groups is 3. The number of aryl methyl sites for hydroxylation is 2. The van der Waals surface area contributed by atoms with E-state index in [-0.39, 0.29) is 48.7 Å². The van der Waals surface area contributed by atoms with Gasteiger partial charge in [-0.15, -0.1) is 24.9 Å². The summed E-state index contributed by atoms with van der Waals surface area (Å²) in [6, 6.07) is 4.57. The van der Waals surface area contributed by atoms with Crippen LogP contribution in [-0.4, -0.2) is 69.6 Å². The first-order valence-electron chi connectivity index (χ1n) is 14.0. The van der Waals surface area contributed by atoms with Crippen molar-refractivity contribution in [3.05, 3.63) is 54.6 Å². The normalized spacial score (nSPS) is 27.9. The fourth-order valence-corrected chi connectivity index (χ4v) is 9.10. The molecular weight excluding hydrogens is 512 g/mol. The number of ether oxygens (including phenoxy) is 1. The van der Waals surface area contributed by atoms with Crippen molar-refractivity contribution in [2.75, 3.05) is 24.7 Å². The summed E-state index contributed by atoms with van der Waals surface area (Å²) >= 11 is 1.62. The number of likely N-dealkylation sites (tertiary alicyclic amines) is 1. The highest BCUT2D eigenvalue weighted by atomic mass is 32.2. The second-order valence-corrected chi connectivity index (χ2v) is 13.0. The van der Waals surface area contributed by atoms with Crippen molar-refractivity contribution in [1.29, 1.82) is 0 Å². The number of anilines is 1. The van der Waals surface area contributed by atoms with Gasteiger partial charge in [0, 0.05) is 17.5 Å². The molecule has 1 spiro atoms. The number of hydrogen-bond acceptors (Lipinski definition) is 6. The smallest absolute Gasteiger partial charge is 0.310 e. The van der Waals surface area contributed by atoms with Gasteiger partial charge in [-0.1, -0.05) is 44.2 Å². The summed E-state index contributed by atoms with van der Waals surface area (Å²) in [5.41, 5.74) is 2.74. The summed E-state index contributed by atoms with van der Waals surface area (Å²) in [5.74, 6) is -2.09. The highest BCUT2D eigenvalue weighted by molar-refractivity contribution is 8.02. The molecule has 4 rings (SSSR count). The number of unbranched alkanes of at least 4 members (excludes halogenated alkanes) is 1. The van der Waals surface area contributed by atoms with Gasteiger partial charge < -0.3 is 19.6 Å². The molecule has 3 heterocycles. The lowest BCUT2D eigenvalue weighted by atomic mass is 9.71. The Bertz CT molecular complexity index is 1120. The fraction of sp³-hybridized carbons (Fsp3) is 0.581. The van der Waals surface area contributed by atoms with E-state index in [2.05, 4.69) is 13.2 Å². The molecule has 1 N–H and O–H groups in total. The van der Waals surface area contributed by atoms with Gasteiger partial charge in [-0.3, -0.25) is 14.4 Å². The van der Waals surface area contributed by atoms with Crippen LogP contribution in [0.2, 0.25) is 0 Å². The van der Waals surface area contributed by atoms with E-state index in [0.29, 0.717) is 12.8 Å². The van der Waals surface area contributed by atoms with Gasteiger partial charge >= 0.3 is 5.97 Å². The van der Waals surface area contributed by atoms with E-state index in [0.717, 1.165) is 29.7 Å². The molecule has 2 bridgehead atoms. The van der Waals surface area contributed by atoms with Crippen molar-refractivity contribution in [1.82, 2.24) is 4.90 Å². The zero-order chi connectivity index (χ0) is 28.5. The highest BCUT2D eigenvalue weighted by Gasteiger charge is 2.75. The van der Waals surface area contributed by atoms with Crippen molar-refractivity contribution in [2.45, 2.75) is 75.5 Å². The molecule has 0 saturated carbocycles. The van der Waals surface area contributed by atoms with Crippen LogP contribution < -0.4 is 4.90 Å². The number of benzene rings is 1. The van der Waals surface area contributed by atoms with Crippen LogP contribution in [0.1, 0.15) is 50.7 Å². The third-order valence-electron chi connectivity index (χ3n) is 8.64. The first-order chi connectivity index (χ1) is 18.6. The van der Waals surface area contributed by atoms with Crippen LogP contribution in [0.3, 0.4) is 0 Å². The number of carbonyl (C=O) groups excluding carboxylic acids is 3. The summed E-state index contributed by atoms with van der Waals surface area (Å²) in [5, 5.41) is 10.4. The fourth-order valence-electron chi connectivity index (χ4n) is 6.91. The summed E-state index contributed by atoms with van der Waals surface area (Å²) in [7, 11) is 0. The molecule has 1 aromatic carbocycles. The third kappa shape index (κ3) is 4.95. The lowest BCUT2D eigenvalue weighted by molar-refractivity contribution is -0.154. The number of nitrogens with zero attached hydrogens (tertiary/aromatic N) is 2. The summed E-state index contributed by atoms with van der Waals surface area (Å²) < 4.78 is 4.91. The molecule has 8 heteroatoms. The molecule has 0 aromatic heterocycles. The molecule has 0 aliphatic carbocycles. The van der Waals surface area contributed by atoms with Crippen molar-refractivity contribution in [2.24, 2.45) is 17.8 Å². The van der Waals surface area contributed by atoms with E-state index in [1.165, 1.54) is 0 Å². The SMILES string of the molecule is C=CCCCOC(=O)[C@@H]1[C@@H]2CCC3(S2)C(C(=O)N(CC=C)c2c(C)cccc2C)N([C@@H](CO)C(C)C)C(=O)[C@H]13. The Hall–Kier alpha value is -2.58. The maximum absolute atomic E-state index is 14.7. The monoisotopic (exact) mass is 554 g/mol. The van der Waals surface area contributed by atoms with E-state index in [1.807, 2.05) is 45.9 Å². The average molecular weight is 555 g/mol. The number of aliphatic hydroxyl groups is 1. The van der Waals surface area contributed by atoms with E-state index < -0.39 is 28.7 Å². The van der Waals surface area contributed by atoms with Gasteiger partial charge in [0.05, 0.1) is 35.8 Å². The minimum atomic E-state index is -0.804. The quantitative estimate of drug-likeness (QED) is 0.234. The van der Waals surface area contributed by atoms with E-state index >= 15 is 0 Å². The molecule has 2 amide bonds. The lowest BCUT2D eigenvalue weighted by Crippen LogP contribution is -2.58. The predicted molar refractivity (Wildman–Crippen MR) is 156 cm³/mol. The van der Waals surface area contributed by atoms with E-state index in [1.54, 1.807) is 33.7 Å². The average Bonchev–Trinajstić information content (AvgIpc) is 3.53. The van der Waals surface area contributed by atoms with Gasteiger partial charge in [0.15, 0.2) is 0 Å². The number of rotatable bonds is 12. The molecule has 2 unspecified atom stereocenters. The highest BCUT2D eigenvalue weighted by Crippen LogP contribution is 2.67. The maximum atomic E-state index is 14.7. The second kappa shape index (κ2) is 11.9. The lowest BCUT2D eigenvalue weighted by Gasteiger charge is -2.41. The Morgan fingerprint density at radius 3 is 2.54 bits per heavy atom.